The lowest BCUT2D eigenvalue weighted by atomic mass is 9.80. The average Bonchev–Trinajstić information content (AvgIpc) is 3.33. The average molecular weight is 561 g/mol. The predicted octanol–water partition coefficient (Wildman–Crippen LogP) is 6.71. The van der Waals surface area contributed by atoms with Crippen LogP contribution in [0.5, 0.6) is 5.75 Å². The number of aromatic hydroxyl groups is 1. The zero-order valence-electron chi connectivity index (χ0n) is 21.1. The van der Waals surface area contributed by atoms with E-state index >= 15 is 0 Å². The standard InChI is InChI=1S/C30H34BrN5O/c31-26-19-33-36-29(17-27(34-30(26)36)25-10-4-5-11-28(25)37)32-18-21-7-6-16-35(20-21)24-14-12-23(13-15-24)22-8-2-1-3-9-22/h1-5,8-11,17,19,21,23-24,32,37H,6-7,12-16,18,20H2. The van der Waals surface area contributed by atoms with Crippen molar-refractivity contribution < 1.29 is 5.11 Å². The summed E-state index contributed by atoms with van der Waals surface area (Å²) in [4.78, 5) is 7.53. The number of phenolic OH excluding ortho intramolecular Hbond substituents is 1. The van der Waals surface area contributed by atoms with Crippen LogP contribution in [0, 0.1) is 5.92 Å². The highest BCUT2D eigenvalue weighted by molar-refractivity contribution is 9.10. The summed E-state index contributed by atoms with van der Waals surface area (Å²) in [6, 6.07) is 21.1. The normalized spacial score (nSPS) is 22.8. The molecule has 0 spiro atoms. The highest BCUT2D eigenvalue weighted by Gasteiger charge is 2.30. The van der Waals surface area contributed by atoms with Crippen molar-refractivity contribution in [3.05, 3.63) is 76.9 Å². The minimum atomic E-state index is 0.228. The first-order chi connectivity index (χ1) is 18.2. The highest BCUT2D eigenvalue weighted by Crippen LogP contribution is 2.36. The van der Waals surface area contributed by atoms with E-state index in [1.165, 1.54) is 50.6 Å². The summed E-state index contributed by atoms with van der Waals surface area (Å²) in [5.41, 5.74) is 3.70. The second kappa shape index (κ2) is 10.8. The number of hydrogen-bond donors (Lipinski definition) is 2. The number of fused-ring (bicyclic) bond motifs is 1. The Morgan fingerprint density at radius 2 is 1.76 bits per heavy atom. The van der Waals surface area contributed by atoms with Gasteiger partial charge in [-0.3, -0.25) is 0 Å². The monoisotopic (exact) mass is 559 g/mol. The lowest BCUT2D eigenvalue weighted by Gasteiger charge is -2.41. The van der Waals surface area contributed by atoms with Gasteiger partial charge in [-0.25, -0.2) is 4.98 Å². The van der Waals surface area contributed by atoms with Crippen LogP contribution in [0.15, 0.2) is 71.3 Å². The Morgan fingerprint density at radius 3 is 2.57 bits per heavy atom. The number of para-hydroxylation sites is 1. The van der Waals surface area contributed by atoms with E-state index in [1.54, 1.807) is 12.3 Å². The molecule has 1 aliphatic carbocycles. The topological polar surface area (TPSA) is 65.7 Å². The van der Waals surface area contributed by atoms with E-state index < -0.39 is 0 Å². The van der Waals surface area contributed by atoms with E-state index in [-0.39, 0.29) is 5.75 Å². The number of likely N-dealkylation sites (tertiary alicyclic amines) is 1. The fourth-order valence-electron chi connectivity index (χ4n) is 6.23. The SMILES string of the molecule is Oc1ccccc1-c1cc(NCC2CCCN(C3CCC(c4ccccc4)CC3)C2)n2ncc(Br)c2n1. The molecule has 2 fully saturated rings. The van der Waals surface area contributed by atoms with Gasteiger partial charge in [0.25, 0.3) is 0 Å². The van der Waals surface area contributed by atoms with Crippen LogP contribution in [0.2, 0.25) is 0 Å². The third-order valence-electron chi connectivity index (χ3n) is 8.22. The van der Waals surface area contributed by atoms with Gasteiger partial charge in [0.15, 0.2) is 5.65 Å². The summed E-state index contributed by atoms with van der Waals surface area (Å²) in [5.74, 6) is 2.44. The molecule has 0 bridgehead atoms. The zero-order chi connectivity index (χ0) is 25.2. The maximum absolute atomic E-state index is 10.4. The van der Waals surface area contributed by atoms with Crippen molar-refractivity contribution in [1.29, 1.82) is 0 Å². The Labute approximate surface area is 226 Å². The van der Waals surface area contributed by atoms with Gasteiger partial charge in [-0.2, -0.15) is 9.61 Å². The lowest BCUT2D eigenvalue weighted by Crippen LogP contribution is -2.45. The Hall–Kier alpha value is -2.90. The molecule has 4 aromatic rings. The molecule has 0 radical (unpaired) electrons. The van der Waals surface area contributed by atoms with E-state index in [9.17, 15) is 5.11 Å². The summed E-state index contributed by atoms with van der Waals surface area (Å²) >= 11 is 3.58. The van der Waals surface area contributed by atoms with Gasteiger partial charge in [-0.15, -0.1) is 0 Å². The second-order valence-corrected chi connectivity index (χ2v) is 11.4. The molecule has 192 valence electrons. The maximum Gasteiger partial charge on any atom is 0.172 e. The third kappa shape index (κ3) is 5.25. The molecule has 7 heteroatoms. The van der Waals surface area contributed by atoms with Crippen LogP contribution in [0.3, 0.4) is 0 Å². The molecule has 1 saturated carbocycles. The molecule has 2 N–H and O–H groups in total. The predicted molar refractivity (Wildman–Crippen MR) is 152 cm³/mol. The fourth-order valence-corrected chi connectivity index (χ4v) is 6.58. The van der Waals surface area contributed by atoms with Gasteiger partial charge in [0.1, 0.15) is 11.6 Å². The van der Waals surface area contributed by atoms with E-state index in [0.717, 1.165) is 46.2 Å². The first-order valence-electron chi connectivity index (χ1n) is 13.5. The molecule has 1 saturated heterocycles. The van der Waals surface area contributed by atoms with Crippen molar-refractivity contribution >= 4 is 27.4 Å². The van der Waals surface area contributed by atoms with Gasteiger partial charge in [-0.1, -0.05) is 42.5 Å². The van der Waals surface area contributed by atoms with Crippen molar-refractivity contribution in [3.8, 4) is 17.0 Å². The van der Waals surface area contributed by atoms with E-state index in [1.807, 2.05) is 28.8 Å². The number of nitrogens with zero attached hydrogens (tertiary/aromatic N) is 4. The molecule has 1 unspecified atom stereocenters. The molecule has 2 aliphatic rings. The molecule has 1 aliphatic heterocycles. The number of anilines is 1. The summed E-state index contributed by atoms with van der Waals surface area (Å²) in [7, 11) is 0. The minimum Gasteiger partial charge on any atom is -0.507 e. The first-order valence-corrected chi connectivity index (χ1v) is 14.3. The number of phenols is 1. The minimum absolute atomic E-state index is 0.228. The highest BCUT2D eigenvalue weighted by atomic mass is 79.9. The molecular weight excluding hydrogens is 526 g/mol. The number of halogens is 1. The van der Waals surface area contributed by atoms with E-state index in [2.05, 4.69) is 61.6 Å². The quantitative estimate of drug-likeness (QED) is 0.274. The number of benzene rings is 2. The molecule has 6 nitrogen and oxygen atoms in total. The Morgan fingerprint density at radius 1 is 0.973 bits per heavy atom. The molecule has 37 heavy (non-hydrogen) atoms. The molecule has 6 rings (SSSR count). The van der Waals surface area contributed by atoms with Crippen molar-refractivity contribution in [2.24, 2.45) is 5.92 Å². The van der Waals surface area contributed by atoms with Crippen LogP contribution >= 0.6 is 15.9 Å². The van der Waals surface area contributed by atoms with E-state index in [0.29, 0.717) is 12.0 Å². The van der Waals surface area contributed by atoms with Crippen molar-refractivity contribution in [2.45, 2.75) is 50.5 Å². The number of rotatable bonds is 6. The molecular formula is C30H34BrN5O. The van der Waals surface area contributed by atoms with E-state index in [4.69, 9.17) is 4.98 Å². The smallest absolute Gasteiger partial charge is 0.172 e. The van der Waals surface area contributed by atoms with Crippen LogP contribution < -0.4 is 5.32 Å². The van der Waals surface area contributed by atoms with Crippen LogP contribution in [-0.2, 0) is 0 Å². The van der Waals surface area contributed by atoms with Crippen LogP contribution in [-0.4, -0.2) is 50.3 Å². The van der Waals surface area contributed by atoms with Crippen molar-refractivity contribution in [3.63, 3.8) is 0 Å². The van der Waals surface area contributed by atoms with Crippen LogP contribution in [0.25, 0.3) is 16.9 Å². The molecule has 0 amide bonds. The summed E-state index contributed by atoms with van der Waals surface area (Å²) < 4.78 is 2.68. The lowest BCUT2D eigenvalue weighted by molar-refractivity contribution is 0.0979. The maximum atomic E-state index is 10.4. The largest absolute Gasteiger partial charge is 0.507 e. The summed E-state index contributed by atoms with van der Waals surface area (Å²) in [6.07, 6.45) is 9.47. The van der Waals surface area contributed by atoms with Crippen LogP contribution in [0.4, 0.5) is 5.82 Å². The molecule has 3 heterocycles. The van der Waals surface area contributed by atoms with Gasteiger partial charge in [0, 0.05) is 30.8 Å². The van der Waals surface area contributed by atoms with Gasteiger partial charge in [-0.05, 0) is 90.5 Å². The van der Waals surface area contributed by atoms with Gasteiger partial charge >= 0.3 is 0 Å². The first kappa shape index (κ1) is 24.4. The zero-order valence-corrected chi connectivity index (χ0v) is 22.6. The number of nitrogens with one attached hydrogen (secondary N) is 1. The summed E-state index contributed by atoms with van der Waals surface area (Å²) in [6.45, 7) is 3.27. The molecule has 2 aromatic carbocycles. The Balaban J connectivity index is 1.12. The second-order valence-electron chi connectivity index (χ2n) is 10.6. The summed E-state index contributed by atoms with van der Waals surface area (Å²) in [5, 5.41) is 18.6. The van der Waals surface area contributed by atoms with Gasteiger partial charge in [0.2, 0.25) is 0 Å². The number of piperidine rings is 1. The molecule has 2 aromatic heterocycles. The number of aromatic nitrogens is 3. The van der Waals surface area contributed by atoms with Gasteiger partial charge < -0.3 is 15.3 Å². The van der Waals surface area contributed by atoms with Crippen LogP contribution in [0.1, 0.15) is 50.0 Å². The van der Waals surface area contributed by atoms with Crippen molar-refractivity contribution in [1.82, 2.24) is 19.5 Å². The van der Waals surface area contributed by atoms with Gasteiger partial charge in [0.05, 0.1) is 16.4 Å². The number of hydrogen-bond acceptors (Lipinski definition) is 5. The third-order valence-corrected chi connectivity index (χ3v) is 8.77. The Kier molecular flexibility index (Phi) is 7.16. The Bertz CT molecular complexity index is 1350. The fraction of sp³-hybridized carbons (Fsp3) is 0.400. The van der Waals surface area contributed by atoms with Crippen molar-refractivity contribution in [2.75, 3.05) is 25.0 Å². The molecule has 1 atom stereocenters.